The molecule has 0 saturated carbocycles. The van der Waals surface area contributed by atoms with Gasteiger partial charge in [-0.3, -0.25) is 4.79 Å². The third-order valence-corrected chi connectivity index (χ3v) is 4.74. The van der Waals surface area contributed by atoms with E-state index in [-0.39, 0.29) is 18.1 Å². The molecule has 7 heteroatoms. The summed E-state index contributed by atoms with van der Waals surface area (Å²) in [5.74, 6) is 0.161. The average molecular weight is 372 g/mol. The van der Waals surface area contributed by atoms with Gasteiger partial charge in [0.1, 0.15) is 5.82 Å². The highest BCUT2D eigenvalue weighted by molar-refractivity contribution is 5.89. The molecule has 1 amide bonds. The van der Waals surface area contributed by atoms with Crippen molar-refractivity contribution in [1.82, 2.24) is 9.88 Å². The van der Waals surface area contributed by atoms with Gasteiger partial charge in [-0.2, -0.15) is 0 Å². The molecule has 0 spiro atoms. The Morgan fingerprint density at radius 3 is 2.63 bits per heavy atom. The minimum absolute atomic E-state index is 0.147. The first kappa shape index (κ1) is 19.1. The molecule has 27 heavy (non-hydrogen) atoms. The van der Waals surface area contributed by atoms with E-state index < -0.39 is 5.82 Å². The molecular weight excluding hydrogens is 347 g/mol. The molecule has 0 unspecified atom stereocenters. The smallest absolute Gasteiger partial charge is 0.225 e. The third kappa shape index (κ3) is 5.17. The average Bonchev–Trinajstić information content (AvgIpc) is 2.68. The highest BCUT2D eigenvalue weighted by atomic mass is 19.1. The number of aryl methyl sites for hydroxylation is 1. The Kier molecular flexibility index (Phi) is 6.24. The Balaban J connectivity index is 1.50. The molecule has 0 radical (unpaired) electrons. The molecule has 0 atom stereocenters. The lowest BCUT2D eigenvalue weighted by Crippen LogP contribution is -2.44. The van der Waals surface area contributed by atoms with Crippen LogP contribution in [-0.2, 0) is 11.2 Å². The van der Waals surface area contributed by atoms with Gasteiger partial charge in [0.25, 0.3) is 0 Å². The number of pyridine rings is 1. The summed E-state index contributed by atoms with van der Waals surface area (Å²) in [5.41, 5.74) is 1.82. The topological polar surface area (TPSA) is 57.7 Å². The molecule has 0 bridgehead atoms. The zero-order chi connectivity index (χ0) is 19.2. The van der Waals surface area contributed by atoms with Crippen molar-refractivity contribution < 1.29 is 13.9 Å². The SMILES string of the molecule is COc1ccc(CCC(=O)Nc2ccc(N3CCN(C)CC3)cn2)cc1F. The van der Waals surface area contributed by atoms with Crippen molar-refractivity contribution in [3.63, 3.8) is 0 Å². The molecule has 1 aliphatic rings. The fraction of sp³-hybridized carbons (Fsp3) is 0.400. The van der Waals surface area contributed by atoms with Crippen LogP contribution in [0.4, 0.5) is 15.9 Å². The first-order valence-corrected chi connectivity index (χ1v) is 9.07. The highest BCUT2D eigenvalue weighted by Crippen LogP contribution is 2.19. The summed E-state index contributed by atoms with van der Waals surface area (Å²) in [6, 6.07) is 8.53. The Labute approximate surface area is 158 Å². The van der Waals surface area contributed by atoms with Crippen molar-refractivity contribution >= 4 is 17.4 Å². The van der Waals surface area contributed by atoms with E-state index in [1.54, 1.807) is 18.3 Å². The standard InChI is InChI=1S/C20H25FN4O2/c1-24-9-11-25(12-10-24)16-5-7-19(22-14-16)23-20(26)8-4-15-3-6-18(27-2)17(21)13-15/h3,5-7,13-14H,4,8-12H2,1-2H3,(H,22,23,26). The minimum Gasteiger partial charge on any atom is -0.494 e. The number of rotatable bonds is 6. The Morgan fingerprint density at radius 2 is 2.00 bits per heavy atom. The van der Waals surface area contributed by atoms with Crippen molar-refractivity contribution in [1.29, 1.82) is 0 Å². The molecule has 1 N–H and O–H groups in total. The van der Waals surface area contributed by atoms with Crippen LogP contribution >= 0.6 is 0 Å². The summed E-state index contributed by atoms with van der Waals surface area (Å²) in [5, 5.41) is 2.79. The lowest BCUT2D eigenvalue weighted by molar-refractivity contribution is -0.116. The van der Waals surface area contributed by atoms with Crippen LogP contribution in [0.15, 0.2) is 36.5 Å². The van der Waals surface area contributed by atoms with Gasteiger partial charge in [-0.1, -0.05) is 6.07 Å². The van der Waals surface area contributed by atoms with E-state index in [1.807, 2.05) is 12.1 Å². The summed E-state index contributed by atoms with van der Waals surface area (Å²) in [6.07, 6.45) is 2.50. The summed E-state index contributed by atoms with van der Waals surface area (Å²) >= 11 is 0. The molecule has 1 aromatic carbocycles. The lowest BCUT2D eigenvalue weighted by atomic mass is 10.1. The number of hydrogen-bond donors (Lipinski definition) is 1. The van der Waals surface area contributed by atoms with Gasteiger partial charge in [0.05, 0.1) is 19.0 Å². The molecular formula is C20H25FN4O2. The van der Waals surface area contributed by atoms with Gasteiger partial charge in [0.2, 0.25) is 5.91 Å². The second kappa shape index (κ2) is 8.81. The highest BCUT2D eigenvalue weighted by Gasteiger charge is 2.14. The number of halogens is 1. The molecule has 1 fully saturated rings. The van der Waals surface area contributed by atoms with Crippen LogP contribution < -0.4 is 15.0 Å². The number of ether oxygens (including phenoxy) is 1. The Hall–Kier alpha value is -2.67. The van der Waals surface area contributed by atoms with Crippen LogP contribution in [0.5, 0.6) is 5.75 Å². The predicted molar refractivity (Wildman–Crippen MR) is 104 cm³/mol. The van der Waals surface area contributed by atoms with Gasteiger partial charge in [-0.15, -0.1) is 0 Å². The van der Waals surface area contributed by atoms with Gasteiger partial charge in [0, 0.05) is 32.6 Å². The van der Waals surface area contributed by atoms with Gasteiger partial charge in [0.15, 0.2) is 11.6 Å². The normalized spacial score (nSPS) is 14.9. The molecule has 1 aliphatic heterocycles. The second-order valence-electron chi connectivity index (χ2n) is 6.71. The summed E-state index contributed by atoms with van der Waals surface area (Å²) in [4.78, 5) is 21.1. The molecule has 0 aliphatic carbocycles. The lowest BCUT2D eigenvalue weighted by Gasteiger charge is -2.33. The maximum Gasteiger partial charge on any atom is 0.225 e. The number of piperazine rings is 1. The summed E-state index contributed by atoms with van der Waals surface area (Å²) in [7, 11) is 3.54. The minimum atomic E-state index is -0.420. The number of amides is 1. The van der Waals surface area contributed by atoms with Crippen LogP contribution in [0.25, 0.3) is 0 Å². The monoisotopic (exact) mass is 372 g/mol. The number of carbonyl (C=O) groups is 1. The molecule has 2 aromatic rings. The quantitative estimate of drug-likeness (QED) is 0.845. The van der Waals surface area contributed by atoms with Crippen LogP contribution in [0.1, 0.15) is 12.0 Å². The van der Waals surface area contributed by atoms with Crippen LogP contribution in [0, 0.1) is 5.82 Å². The molecule has 2 heterocycles. The van der Waals surface area contributed by atoms with Crippen LogP contribution in [0.2, 0.25) is 0 Å². The summed E-state index contributed by atoms with van der Waals surface area (Å²) in [6.45, 7) is 4.01. The van der Waals surface area contributed by atoms with Gasteiger partial charge >= 0.3 is 0 Å². The van der Waals surface area contributed by atoms with E-state index in [0.29, 0.717) is 12.2 Å². The largest absolute Gasteiger partial charge is 0.494 e. The van der Waals surface area contributed by atoms with E-state index in [1.165, 1.54) is 13.2 Å². The molecule has 1 saturated heterocycles. The Morgan fingerprint density at radius 1 is 1.22 bits per heavy atom. The zero-order valence-electron chi connectivity index (χ0n) is 15.7. The fourth-order valence-corrected chi connectivity index (χ4v) is 3.04. The number of benzene rings is 1. The number of methoxy groups -OCH3 is 1. The van der Waals surface area contributed by atoms with Gasteiger partial charge in [-0.25, -0.2) is 9.37 Å². The Bertz CT molecular complexity index is 774. The van der Waals surface area contributed by atoms with Crippen molar-refractivity contribution in [3.8, 4) is 5.75 Å². The van der Waals surface area contributed by atoms with E-state index in [2.05, 4.69) is 27.1 Å². The predicted octanol–water partition coefficient (Wildman–Crippen LogP) is 2.55. The first-order valence-electron chi connectivity index (χ1n) is 9.07. The molecule has 3 rings (SSSR count). The fourth-order valence-electron chi connectivity index (χ4n) is 3.04. The van der Waals surface area contributed by atoms with Crippen molar-refractivity contribution in [2.75, 3.05) is 50.6 Å². The number of carbonyl (C=O) groups excluding carboxylic acids is 1. The number of likely N-dealkylation sites (N-methyl/N-ethyl adjacent to an activating group) is 1. The van der Waals surface area contributed by atoms with Gasteiger partial charge in [-0.05, 0) is 43.3 Å². The summed E-state index contributed by atoms with van der Waals surface area (Å²) < 4.78 is 18.6. The van der Waals surface area contributed by atoms with Crippen LogP contribution in [-0.4, -0.2) is 56.1 Å². The second-order valence-corrected chi connectivity index (χ2v) is 6.71. The maximum absolute atomic E-state index is 13.7. The van der Waals surface area contributed by atoms with Gasteiger partial charge < -0.3 is 19.9 Å². The zero-order valence-corrected chi connectivity index (χ0v) is 15.7. The molecule has 6 nitrogen and oxygen atoms in total. The number of anilines is 2. The van der Waals surface area contributed by atoms with E-state index in [0.717, 1.165) is 37.4 Å². The van der Waals surface area contributed by atoms with Crippen molar-refractivity contribution in [3.05, 3.63) is 47.9 Å². The van der Waals surface area contributed by atoms with E-state index >= 15 is 0 Å². The maximum atomic E-state index is 13.7. The number of nitrogens with zero attached hydrogens (tertiary/aromatic N) is 3. The van der Waals surface area contributed by atoms with Crippen LogP contribution in [0.3, 0.4) is 0 Å². The van der Waals surface area contributed by atoms with E-state index in [4.69, 9.17) is 4.74 Å². The number of aromatic nitrogens is 1. The molecule has 1 aromatic heterocycles. The van der Waals surface area contributed by atoms with Crippen molar-refractivity contribution in [2.45, 2.75) is 12.8 Å². The van der Waals surface area contributed by atoms with Crippen molar-refractivity contribution in [2.24, 2.45) is 0 Å². The number of nitrogens with one attached hydrogen (secondary N) is 1. The molecule has 144 valence electrons. The van der Waals surface area contributed by atoms with E-state index in [9.17, 15) is 9.18 Å². The number of hydrogen-bond acceptors (Lipinski definition) is 5. The first-order chi connectivity index (χ1) is 13.0. The third-order valence-electron chi connectivity index (χ3n) is 4.74.